The Labute approximate surface area is 201 Å². The van der Waals surface area contributed by atoms with E-state index >= 15 is 0 Å². The van der Waals surface area contributed by atoms with Crippen LogP contribution < -0.4 is 16.7 Å². The molecule has 0 amide bonds. The van der Waals surface area contributed by atoms with E-state index in [0.29, 0.717) is 24.1 Å². The summed E-state index contributed by atoms with van der Waals surface area (Å²) in [5.74, 6) is 11.3. The molecular formula is C24H30N6O3S. The summed E-state index contributed by atoms with van der Waals surface area (Å²) in [6, 6.07) is 11.7. The molecule has 3 aliphatic rings. The van der Waals surface area contributed by atoms with Crippen molar-refractivity contribution in [2.24, 2.45) is 22.7 Å². The Kier molecular flexibility index (Phi) is 6.39. The second kappa shape index (κ2) is 9.46. The number of likely N-dealkylation sites (tertiary alicyclic amines) is 1. The quantitative estimate of drug-likeness (QED) is 0.202. The number of ether oxygens (including phenoxy) is 1. The van der Waals surface area contributed by atoms with Gasteiger partial charge in [-0.25, -0.2) is 19.2 Å². The lowest BCUT2D eigenvalue weighted by Crippen LogP contribution is -2.37. The molecule has 2 saturated heterocycles. The molecule has 10 heteroatoms. The van der Waals surface area contributed by atoms with Crippen molar-refractivity contribution in [3.8, 4) is 0 Å². The Hall–Kier alpha value is -2.79. The Morgan fingerprint density at radius 3 is 2.79 bits per heavy atom. The molecule has 3 atom stereocenters. The van der Waals surface area contributed by atoms with Gasteiger partial charge in [0, 0.05) is 31.2 Å². The maximum absolute atomic E-state index is 13.2. The fourth-order valence-electron chi connectivity index (χ4n) is 5.38. The molecular weight excluding hydrogens is 452 g/mol. The number of cyclic esters (lactones) is 1. The van der Waals surface area contributed by atoms with Crippen LogP contribution in [-0.2, 0) is 28.8 Å². The number of hydrogen-bond donors (Lipinski definition) is 2. The van der Waals surface area contributed by atoms with Crippen LogP contribution in [0.1, 0.15) is 33.5 Å². The normalized spacial score (nSPS) is 23.3. The molecule has 2 fully saturated rings. The van der Waals surface area contributed by atoms with Crippen molar-refractivity contribution in [2.75, 3.05) is 31.2 Å². The predicted octanol–water partition coefficient (Wildman–Crippen LogP) is 1.52. The van der Waals surface area contributed by atoms with Crippen molar-refractivity contribution in [3.05, 3.63) is 58.7 Å². The van der Waals surface area contributed by atoms with Crippen LogP contribution in [0.4, 0.5) is 5.69 Å². The van der Waals surface area contributed by atoms with Gasteiger partial charge < -0.3 is 10.6 Å². The van der Waals surface area contributed by atoms with Gasteiger partial charge in [-0.15, -0.1) is 0 Å². The van der Waals surface area contributed by atoms with Crippen LogP contribution in [0.5, 0.6) is 0 Å². The third-order valence-corrected chi connectivity index (χ3v) is 8.78. The number of rotatable bonds is 7. The Balaban J connectivity index is 1.20. The molecule has 34 heavy (non-hydrogen) atoms. The third-order valence-electron chi connectivity index (χ3n) is 7.34. The highest BCUT2D eigenvalue weighted by molar-refractivity contribution is 7.82. The zero-order valence-corrected chi connectivity index (χ0v) is 20.0. The topological polar surface area (TPSA) is 117 Å². The molecule has 3 heterocycles. The highest BCUT2D eigenvalue weighted by Gasteiger charge is 2.42. The van der Waals surface area contributed by atoms with Crippen LogP contribution >= 0.6 is 0 Å². The number of nitrogens with zero attached hydrogens (tertiary/aromatic N) is 4. The van der Waals surface area contributed by atoms with Gasteiger partial charge >= 0.3 is 5.97 Å². The van der Waals surface area contributed by atoms with E-state index in [9.17, 15) is 9.00 Å². The molecule has 3 unspecified atom stereocenters. The summed E-state index contributed by atoms with van der Waals surface area (Å²) < 4.78 is 20.5. The zero-order chi connectivity index (χ0) is 23.8. The average molecular weight is 483 g/mol. The molecule has 0 aliphatic carbocycles. The minimum absolute atomic E-state index is 0.217. The molecule has 2 aromatic carbocycles. The second-order valence-corrected chi connectivity index (χ2v) is 10.6. The van der Waals surface area contributed by atoms with Crippen molar-refractivity contribution < 1.29 is 13.7 Å². The van der Waals surface area contributed by atoms with Crippen LogP contribution in [0.3, 0.4) is 0 Å². The van der Waals surface area contributed by atoms with E-state index in [1.165, 1.54) is 22.5 Å². The van der Waals surface area contributed by atoms with E-state index in [1.807, 2.05) is 30.3 Å². The number of hydrazine groups is 1. The molecule has 180 valence electrons. The number of carbonyl (C=O) groups is 1. The van der Waals surface area contributed by atoms with E-state index in [2.05, 4.69) is 27.3 Å². The maximum atomic E-state index is 13.2. The van der Waals surface area contributed by atoms with Crippen molar-refractivity contribution in [1.82, 2.24) is 9.21 Å². The number of carbonyl (C=O) groups excluding carboxylic acids is 1. The number of fused-ring (bicyclic) bond motifs is 2. The first-order valence-electron chi connectivity index (χ1n) is 11.5. The highest BCUT2D eigenvalue weighted by Crippen LogP contribution is 2.34. The zero-order valence-electron chi connectivity index (χ0n) is 19.2. The summed E-state index contributed by atoms with van der Waals surface area (Å²) in [6.07, 6.45) is 3.38. The first kappa shape index (κ1) is 23.0. The summed E-state index contributed by atoms with van der Waals surface area (Å²) in [7, 11) is -1.21. The average Bonchev–Trinajstić information content (AvgIpc) is 3.54. The first-order valence-corrected chi connectivity index (χ1v) is 12.6. The molecule has 0 spiro atoms. The van der Waals surface area contributed by atoms with Crippen molar-refractivity contribution in [3.63, 3.8) is 0 Å². The van der Waals surface area contributed by atoms with Gasteiger partial charge in [-0.3, -0.25) is 9.91 Å². The van der Waals surface area contributed by atoms with Gasteiger partial charge in [0.25, 0.3) is 0 Å². The van der Waals surface area contributed by atoms with Crippen LogP contribution in [0.15, 0.2) is 46.4 Å². The fourth-order valence-corrected chi connectivity index (χ4v) is 6.66. The molecule has 0 aromatic heterocycles. The Morgan fingerprint density at radius 1 is 1.24 bits per heavy atom. The number of benzene rings is 2. The molecule has 0 saturated carbocycles. The largest absolute Gasteiger partial charge is 0.457 e. The summed E-state index contributed by atoms with van der Waals surface area (Å²) in [5, 5.41) is 4.73. The molecule has 9 nitrogen and oxygen atoms in total. The van der Waals surface area contributed by atoms with Crippen molar-refractivity contribution in [1.29, 1.82) is 0 Å². The first-order chi connectivity index (χ1) is 16.5. The monoisotopic (exact) mass is 482 g/mol. The third kappa shape index (κ3) is 4.22. The molecule has 5 rings (SSSR count). The standard InChI is InChI=1S/C24H30N6O3S/c1-16-17(2-7-21-22(16)14-33-24(21)31)8-10-28-11-9-18-12-29(13-23(18)28)34(32)20-5-3-19(4-6-20)30(26)15-27-25/h2-7,15,18,23H,8-14,25-26H2,1H3/b27-15-. The summed E-state index contributed by atoms with van der Waals surface area (Å²) in [6.45, 7) is 6.14. The lowest BCUT2D eigenvalue weighted by atomic mass is 9.96. The van der Waals surface area contributed by atoms with E-state index in [-0.39, 0.29) is 5.97 Å². The highest BCUT2D eigenvalue weighted by atomic mass is 32.2. The smallest absolute Gasteiger partial charge is 0.338 e. The lowest BCUT2D eigenvalue weighted by Gasteiger charge is -2.25. The second-order valence-electron chi connectivity index (χ2n) is 9.12. The van der Waals surface area contributed by atoms with Gasteiger partial charge in [0.15, 0.2) is 0 Å². The van der Waals surface area contributed by atoms with Gasteiger partial charge in [-0.1, -0.05) is 6.07 Å². The number of esters is 1. The fraction of sp³-hybridized carbons (Fsp3) is 0.417. The predicted molar refractivity (Wildman–Crippen MR) is 131 cm³/mol. The summed E-state index contributed by atoms with van der Waals surface area (Å²) >= 11 is 0. The SMILES string of the molecule is Cc1c(CCN2CCC3CN(S(=O)c4ccc(N(N)/C=N\N)cc4)CC32)ccc2c1COC2=O. The maximum Gasteiger partial charge on any atom is 0.338 e. The number of hydrogen-bond acceptors (Lipinski definition) is 7. The molecule has 0 bridgehead atoms. The summed E-state index contributed by atoms with van der Waals surface area (Å²) in [5.41, 5.74) is 4.90. The van der Waals surface area contributed by atoms with E-state index < -0.39 is 11.0 Å². The molecule has 0 radical (unpaired) electrons. The van der Waals surface area contributed by atoms with Gasteiger partial charge in [0.2, 0.25) is 0 Å². The van der Waals surface area contributed by atoms with Crippen molar-refractivity contribution in [2.45, 2.75) is 37.3 Å². The minimum atomic E-state index is -1.21. The van der Waals surface area contributed by atoms with E-state index in [1.54, 1.807) is 0 Å². The molecule has 4 N–H and O–H groups in total. The Bertz CT molecular complexity index is 1140. The van der Waals surface area contributed by atoms with Crippen LogP contribution in [0, 0.1) is 12.8 Å². The number of hydrazone groups is 1. The number of nitrogens with two attached hydrogens (primary N) is 2. The molecule has 2 aromatic rings. The van der Waals surface area contributed by atoms with Gasteiger partial charge in [0.05, 0.1) is 16.1 Å². The van der Waals surface area contributed by atoms with Crippen molar-refractivity contribution >= 4 is 29.0 Å². The van der Waals surface area contributed by atoms with E-state index in [4.69, 9.17) is 16.4 Å². The van der Waals surface area contributed by atoms with Crippen LogP contribution in [0.2, 0.25) is 0 Å². The minimum Gasteiger partial charge on any atom is -0.457 e. The van der Waals surface area contributed by atoms with Crippen LogP contribution in [0.25, 0.3) is 0 Å². The molecule has 3 aliphatic heterocycles. The Morgan fingerprint density at radius 2 is 2.03 bits per heavy atom. The van der Waals surface area contributed by atoms with E-state index in [0.717, 1.165) is 55.2 Å². The summed E-state index contributed by atoms with van der Waals surface area (Å²) in [4.78, 5) is 15.1. The van der Waals surface area contributed by atoms with Crippen LogP contribution in [-0.4, -0.2) is 57.9 Å². The van der Waals surface area contributed by atoms with Gasteiger partial charge in [-0.2, -0.15) is 5.10 Å². The van der Waals surface area contributed by atoms with Gasteiger partial charge in [-0.05, 0) is 73.7 Å². The number of anilines is 1. The lowest BCUT2D eigenvalue weighted by molar-refractivity contribution is 0.0535. The van der Waals surface area contributed by atoms with Gasteiger partial charge in [0.1, 0.15) is 23.9 Å².